The number of fused-ring (bicyclic) bond motifs is 2. The summed E-state index contributed by atoms with van der Waals surface area (Å²) < 4.78 is 5.90. The third-order valence-electron chi connectivity index (χ3n) is 7.05. The zero-order valence-electron chi connectivity index (χ0n) is 17.9. The van der Waals surface area contributed by atoms with Crippen LogP contribution in [-0.4, -0.2) is 5.97 Å². The standard InChI is InChI=1S/C27H32O2/c1-4-18(2)20-9-11-21(12-10-20)27(28)29-19(3)22-13-14-25-16-23-7-5-6-8-24(23)17-26(25)15-22/h5-8,13-21H,4,9-12H2,1-3H3. The highest BCUT2D eigenvalue weighted by Gasteiger charge is 2.30. The molecule has 0 saturated heterocycles. The van der Waals surface area contributed by atoms with Crippen molar-refractivity contribution < 1.29 is 9.53 Å². The fourth-order valence-electron chi connectivity index (χ4n) is 4.81. The second-order valence-corrected chi connectivity index (χ2v) is 8.88. The van der Waals surface area contributed by atoms with Gasteiger partial charge in [0.25, 0.3) is 0 Å². The number of rotatable bonds is 5. The molecule has 4 rings (SSSR count). The fourth-order valence-corrected chi connectivity index (χ4v) is 4.81. The van der Waals surface area contributed by atoms with Crippen LogP contribution >= 0.6 is 0 Å². The van der Waals surface area contributed by atoms with Gasteiger partial charge >= 0.3 is 5.97 Å². The lowest BCUT2D eigenvalue weighted by Gasteiger charge is -2.31. The van der Waals surface area contributed by atoms with E-state index >= 15 is 0 Å². The van der Waals surface area contributed by atoms with Gasteiger partial charge in [-0.05, 0) is 89.8 Å². The van der Waals surface area contributed by atoms with Gasteiger partial charge in [0, 0.05) is 0 Å². The van der Waals surface area contributed by atoms with Crippen LogP contribution in [0, 0.1) is 17.8 Å². The minimum Gasteiger partial charge on any atom is -0.458 e. The number of hydrogen-bond donors (Lipinski definition) is 0. The molecule has 0 aliphatic heterocycles. The maximum atomic E-state index is 12.7. The number of hydrogen-bond acceptors (Lipinski definition) is 2. The molecule has 3 aromatic carbocycles. The summed E-state index contributed by atoms with van der Waals surface area (Å²) >= 11 is 0. The Morgan fingerprint density at radius 2 is 1.52 bits per heavy atom. The predicted molar refractivity (Wildman–Crippen MR) is 121 cm³/mol. The Hall–Kier alpha value is -2.35. The highest BCUT2D eigenvalue weighted by Crippen LogP contribution is 2.36. The Morgan fingerprint density at radius 1 is 0.897 bits per heavy atom. The van der Waals surface area contributed by atoms with Crippen molar-refractivity contribution in [3.05, 3.63) is 60.2 Å². The SMILES string of the molecule is CCC(C)C1CCC(C(=O)OC(C)c2ccc3cc4ccccc4cc3c2)CC1. The van der Waals surface area contributed by atoms with Crippen molar-refractivity contribution in [1.29, 1.82) is 0 Å². The van der Waals surface area contributed by atoms with Crippen LogP contribution in [0.4, 0.5) is 0 Å². The molecule has 29 heavy (non-hydrogen) atoms. The van der Waals surface area contributed by atoms with Gasteiger partial charge in [0.1, 0.15) is 6.10 Å². The van der Waals surface area contributed by atoms with Gasteiger partial charge in [-0.15, -0.1) is 0 Å². The van der Waals surface area contributed by atoms with Crippen LogP contribution in [0.15, 0.2) is 54.6 Å². The highest BCUT2D eigenvalue weighted by atomic mass is 16.5. The summed E-state index contributed by atoms with van der Waals surface area (Å²) in [6.45, 7) is 6.60. The normalized spacial score (nSPS) is 21.8. The quantitative estimate of drug-likeness (QED) is 0.335. The van der Waals surface area contributed by atoms with E-state index in [1.54, 1.807) is 0 Å². The topological polar surface area (TPSA) is 26.3 Å². The van der Waals surface area contributed by atoms with Crippen LogP contribution < -0.4 is 0 Å². The predicted octanol–water partition coefficient (Wildman–Crippen LogP) is 7.45. The van der Waals surface area contributed by atoms with Crippen molar-refractivity contribution in [3.8, 4) is 0 Å². The molecule has 1 aliphatic carbocycles. The molecule has 1 fully saturated rings. The Bertz CT molecular complexity index is 998. The zero-order valence-corrected chi connectivity index (χ0v) is 17.9. The number of carbonyl (C=O) groups is 1. The van der Waals surface area contributed by atoms with Gasteiger partial charge in [-0.1, -0.05) is 56.7 Å². The van der Waals surface area contributed by atoms with Crippen molar-refractivity contribution in [2.24, 2.45) is 17.8 Å². The van der Waals surface area contributed by atoms with Gasteiger partial charge in [-0.2, -0.15) is 0 Å². The van der Waals surface area contributed by atoms with Crippen molar-refractivity contribution in [2.45, 2.75) is 59.0 Å². The first kappa shape index (κ1) is 19.9. The summed E-state index contributed by atoms with van der Waals surface area (Å²) in [5, 5.41) is 4.90. The van der Waals surface area contributed by atoms with E-state index in [1.165, 1.54) is 28.0 Å². The van der Waals surface area contributed by atoms with Crippen molar-refractivity contribution in [2.75, 3.05) is 0 Å². The largest absolute Gasteiger partial charge is 0.458 e. The van der Waals surface area contributed by atoms with E-state index in [4.69, 9.17) is 4.74 Å². The van der Waals surface area contributed by atoms with Gasteiger partial charge in [-0.3, -0.25) is 4.79 Å². The lowest BCUT2D eigenvalue weighted by atomic mass is 9.75. The van der Waals surface area contributed by atoms with Crippen molar-refractivity contribution in [3.63, 3.8) is 0 Å². The van der Waals surface area contributed by atoms with E-state index in [0.29, 0.717) is 0 Å². The number of benzene rings is 3. The summed E-state index contributed by atoms with van der Waals surface area (Å²) in [5.41, 5.74) is 1.06. The molecule has 0 amide bonds. The summed E-state index contributed by atoms with van der Waals surface area (Å²) in [6.07, 6.45) is 5.28. The molecule has 2 unspecified atom stereocenters. The van der Waals surface area contributed by atoms with Gasteiger partial charge in [-0.25, -0.2) is 0 Å². The minimum absolute atomic E-state index is 0.0151. The van der Waals surface area contributed by atoms with Crippen molar-refractivity contribution >= 4 is 27.5 Å². The lowest BCUT2D eigenvalue weighted by molar-refractivity contribution is -0.155. The molecule has 1 aliphatic rings. The first-order chi connectivity index (χ1) is 14.0. The fraction of sp³-hybridized carbons (Fsp3) is 0.444. The molecule has 3 aromatic rings. The number of esters is 1. The average Bonchev–Trinajstić information content (AvgIpc) is 2.76. The van der Waals surface area contributed by atoms with E-state index in [2.05, 4.69) is 68.4 Å². The van der Waals surface area contributed by atoms with Crippen LogP contribution in [0.2, 0.25) is 0 Å². The first-order valence-corrected chi connectivity index (χ1v) is 11.2. The molecule has 0 heterocycles. The van der Waals surface area contributed by atoms with Gasteiger partial charge in [0.05, 0.1) is 5.92 Å². The van der Waals surface area contributed by atoms with E-state index in [0.717, 1.165) is 43.1 Å². The zero-order chi connectivity index (χ0) is 20.4. The Labute approximate surface area is 174 Å². The van der Waals surface area contributed by atoms with E-state index in [1.807, 2.05) is 6.92 Å². The summed E-state index contributed by atoms with van der Waals surface area (Å²) in [6, 6.07) is 19.3. The summed E-state index contributed by atoms with van der Waals surface area (Å²) in [4.78, 5) is 12.7. The second-order valence-electron chi connectivity index (χ2n) is 8.88. The molecule has 0 spiro atoms. The van der Waals surface area contributed by atoms with Crippen LogP contribution in [0.25, 0.3) is 21.5 Å². The van der Waals surface area contributed by atoms with Crippen LogP contribution in [0.3, 0.4) is 0 Å². The molecular weight excluding hydrogens is 356 g/mol. The van der Waals surface area contributed by atoms with E-state index in [-0.39, 0.29) is 18.0 Å². The molecular formula is C27H32O2. The molecule has 1 saturated carbocycles. The molecule has 2 atom stereocenters. The number of carbonyl (C=O) groups excluding carboxylic acids is 1. The van der Waals surface area contributed by atoms with Crippen LogP contribution in [0.5, 0.6) is 0 Å². The Balaban J connectivity index is 1.44. The number of ether oxygens (including phenoxy) is 1. The molecule has 0 bridgehead atoms. The smallest absolute Gasteiger partial charge is 0.309 e. The molecule has 2 nitrogen and oxygen atoms in total. The summed E-state index contributed by atoms with van der Waals surface area (Å²) in [5.74, 6) is 1.59. The van der Waals surface area contributed by atoms with Gasteiger partial charge in [0.15, 0.2) is 0 Å². The maximum absolute atomic E-state index is 12.7. The van der Waals surface area contributed by atoms with Gasteiger partial charge in [0.2, 0.25) is 0 Å². The molecule has 152 valence electrons. The summed E-state index contributed by atoms with van der Waals surface area (Å²) in [7, 11) is 0. The van der Waals surface area contributed by atoms with Crippen molar-refractivity contribution in [1.82, 2.24) is 0 Å². The third-order valence-corrected chi connectivity index (χ3v) is 7.05. The molecule has 0 aromatic heterocycles. The first-order valence-electron chi connectivity index (χ1n) is 11.2. The third kappa shape index (κ3) is 4.32. The van der Waals surface area contributed by atoms with Crippen LogP contribution in [0.1, 0.15) is 64.5 Å². The lowest BCUT2D eigenvalue weighted by Crippen LogP contribution is -2.26. The molecule has 0 radical (unpaired) electrons. The maximum Gasteiger partial charge on any atom is 0.309 e. The highest BCUT2D eigenvalue weighted by molar-refractivity contribution is 5.98. The second kappa shape index (κ2) is 8.57. The Kier molecular flexibility index (Phi) is 5.89. The van der Waals surface area contributed by atoms with Crippen LogP contribution in [-0.2, 0) is 9.53 Å². The molecule has 0 N–H and O–H groups in total. The molecule has 2 heteroatoms. The Morgan fingerprint density at radius 3 is 2.17 bits per heavy atom. The van der Waals surface area contributed by atoms with E-state index in [9.17, 15) is 4.79 Å². The monoisotopic (exact) mass is 388 g/mol. The van der Waals surface area contributed by atoms with E-state index < -0.39 is 0 Å². The minimum atomic E-state index is -0.217. The average molecular weight is 389 g/mol. The van der Waals surface area contributed by atoms with Gasteiger partial charge < -0.3 is 4.74 Å².